The van der Waals surface area contributed by atoms with Crippen molar-refractivity contribution in [3.8, 4) is 0 Å². The van der Waals surface area contributed by atoms with E-state index in [0.29, 0.717) is 26.4 Å². The van der Waals surface area contributed by atoms with Gasteiger partial charge in [0.2, 0.25) is 18.2 Å². The Labute approximate surface area is 265 Å². The zero-order chi connectivity index (χ0) is 33.0. The van der Waals surface area contributed by atoms with Crippen molar-refractivity contribution in [2.45, 2.75) is 46.1 Å². The van der Waals surface area contributed by atoms with Crippen LogP contribution in [0.4, 0.5) is 5.69 Å². The van der Waals surface area contributed by atoms with Gasteiger partial charge in [-0.2, -0.15) is 4.57 Å². The van der Waals surface area contributed by atoms with E-state index in [9.17, 15) is 34.4 Å². The van der Waals surface area contributed by atoms with Crippen LogP contribution in [0.25, 0.3) is 10.4 Å². The summed E-state index contributed by atoms with van der Waals surface area (Å²) in [4.78, 5) is 69.2. The SMILES string of the molecule is Cc1ccc(C(=O)c2ncn3cc(C4=C(C(=O)OCc5ccc([N+](=O)[O-])cc5)N5C(=O)[C@H]([C@@H](C)O)[C@H]5[C@H]4C)sc23)c[n+]1CC(N)=O. The average Bonchev–Trinajstić information content (AvgIpc) is 3.66. The smallest absolute Gasteiger partial charge is 0.355 e. The number of aliphatic hydroxyl groups excluding tert-OH is 1. The Morgan fingerprint density at radius 1 is 1.22 bits per heavy atom. The molecule has 0 unspecified atom stereocenters. The fourth-order valence-electron chi connectivity index (χ4n) is 6.12. The number of carbonyl (C=O) groups excluding carboxylic acids is 4. The minimum absolute atomic E-state index is 0.0534. The van der Waals surface area contributed by atoms with Crippen molar-refractivity contribution in [2.24, 2.45) is 17.6 Å². The molecule has 14 nitrogen and oxygen atoms in total. The van der Waals surface area contributed by atoms with Gasteiger partial charge in [-0.15, -0.1) is 11.3 Å². The number of ether oxygens (including phenoxy) is 1. The van der Waals surface area contributed by atoms with E-state index < -0.39 is 40.8 Å². The summed E-state index contributed by atoms with van der Waals surface area (Å²) in [6.07, 6.45) is 3.83. The molecule has 0 aliphatic carbocycles. The number of primary amides is 1. The van der Waals surface area contributed by atoms with E-state index in [2.05, 4.69) is 4.98 Å². The molecule has 4 atom stereocenters. The lowest BCUT2D eigenvalue weighted by atomic mass is 9.77. The van der Waals surface area contributed by atoms with Crippen LogP contribution in [0.3, 0.4) is 0 Å². The number of amides is 2. The molecule has 46 heavy (non-hydrogen) atoms. The Morgan fingerprint density at radius 3 is 2.59 bits per heavy atom. The van der Waals surface area contributed by atoms with E-state index in [-0.39, 0.29) is 41.9 Å². The highest BCUT2D eigenvalue weighted by Crippen LogP contribution is 2.52. The Kier molecular flexibility index (Phi) is 7.73. The van der Waals surface area contributed by atoms with Crippen LogP contribution in [0.5, 0.6) is 0 Å². The lowest BCUT2D eigenvalue weighted by Crippen LogP contribution is -2.63. The number of esters is 1. The molecule has 2 aliphatic heterocycles. The molecule has 0 saturated carbocycles. The van der Waals surface area contributed by atoms with Crippen molar-refractivity contribution in [3.05, 3.63) is 98.3 Å². The van der Waals surface area contributed by atoms with Crippen LogP contribution >= 0.6 is 11.3 Å². The van der Waals surface area contributed by atoms with Crippen LogP contribution in [0.15, 0.2) is 60.8 Å². The van der Waals surface area contributed by atoms with Crippen molar-refractivity contribution >= 4 is 51.0 Å². The van der Waals surface area contributed by atoms with Gasteiger partial charge in [0.15, 0.2) is 11.9 Å². The van der Waals surface area contributed by atoms with E-state index in [0.717, 1.165) is 5.69 Å². The number of fused-ring (bicyclic) bond motifs is 2. The van der Waals surface area contributed by atoms with Gasteiger partial charge in [0.1, 0.15) is 29.2 Å². The summed E-state index contributed by atoms with van der Waals surface area (Å²) in [5, 5.41) is 21.4. The lowest BCUT2D eigenvalue weighted by molar-refractivity contribution is -0.690. The number of thiazole rings is 1. The van der Waals surface area contributed by atoms with Gasteiger partial charge in [-0.1, -0.05) is 6.92 Å². The van der Waals surface area contributed by atoms with Gasteiger partial charge in [-0.25, -0.2) is 9.78 Å². The number of hydrogen-bond donors (Lipinski definition) is 2. The number of nitro benzene ring substituents is 1. The number of non-ortho nitro benzene ring substituents is 1. The number of aromatic nitrogens is 3. The molecule has 2 amide bonds. The number of carbonyl (C=O) groups is 4. The summed E-state index contributed by atoms with van der Waals surface area (Å²) in [5.41, 5.74) is 7.59. The van der Waals surface area contributed by atoms with Crippen LogP contribution < -0.4 is 10.3 Å². The zero-order valence-electron chi connectivity index (χ0n) is 24.9. The van der Waals surface area contributed by atoms with Gasteiger partial charge in [0, 0.05) is 42.8 Å². The van der Waals surface area contributed by atoms with Gasteiger partial charge in [-0.05, 0) is 30.7 Å². The van der Waals surface area contributed by atoms with Gasteiger partial charge in [-0.3, -0.25) is 28.9 Å². The number of nitrogens with two attached hydrogens (primary N) is 1. The highest BCUT2D eigenvalue weighted by Gasteiger charge is 2.60. The maximum atomic E-state index is 13.6. The first kappa shape index (κ1) is 30.7. The Morgan fingerprint density at radius 2 is 1.93 bits per heavy atom. The van der Waals surface area contributed by atoms with Gasteiger partial charge < -0.3 is 20.5 Å². The van der Waals surface area contributed by atoms with Gasteiger partial charge in [0.25, 0.3) is 11.6 Å². The average molecular weight is 646 g/mol. The molecular weight excluding hydrogens is 616 g/mol. The summed E-state index contributed by atoms with van der Waals surface area (Å²) < 4.78 is 8.86. The first-order chi connectivity index (χ1) is 21.9. The molecule has 0 spiro atoms. The molecule has 0 radical (unpaired) electrons. The number of pyridine rings is 1. The Bertz CT molecular complexity index is 1980. The Hall–Kier alpha value is -5.28. The first-order valence-electron chi connectivity index (χ1n) is 14.3. The standard InChI is InChI=1S/C31H28N6O8S/c1-15-4-7-19(10-34(15)12-22(32)39)28(40)25-30-35(14-33-25)11-21(46-30)23-16(2)26-24(17(3)38)29(41)36(26)27(23)31(42)45-13-18-5-8-20(9-6-18)37(43)44/h4-11,14,16-17,24,26,38H,12-13H2,1-3H3,(H-,32,39)/p+1/t16-,17+,24+,26+/m0/s1. The molecule has 1 aromatic carbocycles. The second kappa shape index (κ2) is 11.6. The number of imidazole rings is 1. The minimum atomic E-state index is -0.938. The van der Waals surface area contributed by atoms with Gasteiger partial charge >= 0.3 is 5.97 Å². The molecule has 0 bridgehead atoms. The van der Waals surface area contributed by atoms with E-state index in [1.54, 1.807) is 40.4 Å². The summed E-state index contributed by atoms with van der Waals surface area (Å²) >= 11 is 1.22. The molecule has 1 fully saturated rings. The topological polar surface area (TPSA) is 191 Å². The number of nitrogens with zero attached hydrogens (tertiary/aromatic N) is 5. The molecular formula is C31H29N6O8S+. The molecule has 2 aliphatic rings. The lowest BCUT2D eigenvalue weighted by Gasteiger charge is -2.46. The number of β-lactam (4-membered cyclic amide) rings is 1. The normalized spacial score (nSPS) is 19.6. The number of rotatable bonds is 10. The molecule has 6 rings (SSSR count). The highest BCUT2D eigenvalue weighted by molar-refractivity contribution is 7.18. The second-order valence-corrected chi connectivity index (χ2v) is 12.4. The Balaban J connectivity index is 1.35. The first-order valence-corrected chi connectivity index (χ1v) is 15.1. The summed E-state index contributed by atoms with van der Waals surface area (Å²) in [5.74, 6) is -3.15. The predicted molar refractivity (Wildman–Crippen MR) is 162 cm³/mol. The molecule has 15 heteroatoms. The maximum Gasteiger partial charge on any atom is 0.355 e. The zero-order valence-corrected chi connectivity index (χ0v) is 25.8. The summed E-state index contributed by atoms with van der Waals surface area (Å²) in [7, 11) is 0. The third-order valence-corrected chi connectivity index (χ3v) is 9.56. The largest absolute Gasteiger partial charge is 0.456 e. The summed E-state index contributed by atoms with van der Waals surface area (Å²) in [6.45, 7) is 4.92. The molecule has 236 valence electrons. The van der Waals surface area contributed by atoms with E-state index in [1.807, 2.05) is 6.92 Å². The van der Waals surface area contributed by atoms with Crippen molar-refractivity contribution < 1.29 is 38.5 Å². The number of ketones is 1. The maximum absolute atomic E-state index is 13.6. The second-order valence-electron chi connectivity index (χ2n) is 11.4. The van der Waals surface area contributed by atoms with Gasteiger partial charge in [0.05, 0.1) is 33.4 Å². The fourth-order valence-corrected chi connectivity index (χ4v) is 7.34. The third-order valence-electron chi connectivity index (χ3n) is 8.41. The predicted octanol–water partition coefficient (Wildman–Crippen LogP) is 1.93. The molecule has 4 aromatic rings. The molecule has 1 saturated heterocycles. The van der Waals surface area contributed by atoms with Crippen molar-refractivity contribution in [1.82, 2.24) is 14.3 Å². The van der Waals surface area contributed by atoms with Crippen molar-refractivity contribution in [3.63, 3.8) is 0 Å². The molecule has 3 aromatic heterocycles. The van der Waals surface area contributed by atoms with Crippen LogP contribution in [0.1, 0.15) is 46.0 Å². The van der Waals surface area contributed by atoms with Crippen molar-refractivity contribution in [1.29, 1.82) is 0 Å². The number of nitro groups is 1. The van der Waals surface area contributed by atoms with Crippen LogP contribution in [-0.4, -0.2) is 60.0 Å². The number of aryl methyl sites for hydroxylation is 1. The fraction of sp³-hybridized carbons (Fsp3) is 0.290. The number of benzene rings is 1. The highest BCUT2D eigenvalue weighted by atomic mass is 32.1. The molecule has 5 heterocycles. The van der Waals surface area contributed by atoms with Crippen LogP contribution in [0.2, 0.25) is 0 Å². The summed E-state index contributed by atoms with van der Waals surface area (Å²) in [6, 6.07) is 8.46. The quantitative estimate of drug-likeness (QED) is 0.0648. The number of aliphatic hydroxyl groups is 1. The van der Waals surface area contributed by atoms with E-state index in [1.165, 1.54) is 53.8 Å². The van der Waals surface area contributed by atoms with E-state index in [4.69, 9.17) is 10.5 Å². The number of hydrogen-bond acceptors (Lipinski definition) is 10. The van der Waals surface area contributed by atoms with Crippen LogP contribution in [0, 0.1) is 28.9 Å². The van der Waals surface area contributed by atoms with Crippen molar-refractivity contribution in [2.75, 3.05) is 0 Å². The van der Waals surface area contributed by atoms with E-state index >= 15 is 0 Å². The minimum Gasteiger partial charge on any atom is -0.456 e. The third kappa shape index (κ3) is 5.12. The monoisotopic (exact) mass is 645 g/mol. The van der Waals surface area contributed by atoms with Crippen LogP contribution in [-0.2, 0) is 32.3 Å². The molecule has 3 N–H and O–H groups in total.